The molecule has 0 atom stereocenters. The summed E-state index contributed by atoms with van der Waals surface area (Å²) < 4.78 is 20.6. The van der Waals surface area contributed by atoms with Crippen molar-refractivity contribution in [3.8, 4) is 5.75 Å². The zero-order valence-electron chi connectivity index (χ0n) is 13.7. The van der Waals surface area contributed by atoms with Crippen LogP contribution in [-0.2, 0) is 19.7 Å². The highest BCUT2D eigenvalue weighted by molar-refractivity contribution is 9.10. The topological polar surface area (TPSA) is 38.7 Å². The van der Waals surface area contributed by atoms with Crippen molar-refractivity contribution in [2.24, 2.45) is 0 Å². The fourth-order valence-electron chi connectivity index (χ4n) is 2.53. The highest BCUT2D eigenvalue weighted by atomic mass is 79.9. The minimum absolute atomic E-state index is 0.214. The van der Waals surface area contributed by atoms with Crippen molar-refractivity contribution in [2.45, 2.75) is 19.7 Å². The van der Waals surface area contributed by atoms with Crippen LogP contribution >= 0.6 is 15.9 Å². The van der Waals surface area contributed by atoms with E-state index in [4.69, 9.17) is 4.74 Å². The van der Waals surface area contributed by atoms with Gasteiger partial charge in [-0.3, -0.25) is 4.98 Å². The minimum atomic E-state index is -0.245. The van der Waals surface area contributed by atoms with E-state index in [9.17, 15) is 4.39 Å². The number of hydrogen-bond donors (Lipinski definition) is 1. The maximum atomic E-state index is 13.7. The number of pyridine rings is 1. The summed E-state index contributed by atoms with van der Waals surface area (Å²) in [6.07, 6.45) is 3.59. The number of rotatable bonds is 7. The van der Waals surface area contributed by atoms with Crippen molar-refractivity contribution >= 4 is 15.9 Å². The number of nitrogens with zero attached hydrogens (tertiary/aromatic N) is 1. The van der Waals surface area contributed by atoms with Crippen molar-refractivity contribution in [3.05, 3.63) is 94.0 Å². The number of quaternary nitrogens is 1. The van der Waals surface area contributed by atoms with E-state index in [1.54, 1.807) is 24.5 Å². The first-order valence-corrected chi connectivity index (χ1v) is 8.87. The van der Waals surface area contributed by atoms with Crippen LogP contribution in [0.1, 0.15) is 16.7 Å². The largest absolute Gasteiger partial charge is 0.488 e. The Kier molecular flexibility index (Phi) is 6.14. The first kappa shape index (κ1) is 17.6. The van der Waals surface area contributed by atoms with Crippen LogP contribution in [0.3, 0.4) is 0 Å². The lowest BCUT2D eigenvalue weighted by Gasteiger charge is -2.12. The van der Waals surface area contributed by atoms with E-state index >= 15 is 0 Å². The van der Waals surface area contributed by atoms with E-state index in [2.05, 4.69) is 26.2 Å². The SMILES string of the molecule is Fc1ccccc1COc1ccc(Br)cc1C[NH2+]Cc1ccncc1. The Morgan fingerprint density at radius 3 is 2.56 bits per heavy atom. The third-order valence-corrected chi connectivity index (χ3v) is 4.35. The predicted molar refractivity (Wildman–Crippen MR) is 98.4 cm³/mol. The summed E-state index contributed by atoms with van der Waals surface area (Å²) >= 11 is 3.50. The minimum Gasteiger partial charge on any atom is -0.488 e. The summed E-state index contributed by atoms with van der Waals surface area (Å²) in [5.41, 5.74) is 2.84. The molecule has 0 amide bonds. The smallest absolute Gasteiger partial charge is 0.129 e. The van der Waals surface area contributed by atoms with Crippen molar-refractivity contribution in [3.63, 3.8) is 0 Å². The molecule has 0 aliphatic rings. The lowest BCUT2D eigenvalue weighted by Crippen LogP contribution is -2.80. The van der Waals surface area contributed by atoms with E-state index in [0.717, 1.165) is 28.9 Å². The number of hydrogen-bond acceptors (Lipinski definition) is 2. The van der Waals surface area contributed by atoms with E-state index in [0.29, 0.717) is 5.56 Å². The number of nitrogens with two attached hydrogens (primary N) is 1. The molecule has 0 saturated carbocycles. The van der Waals surface area contributed by atoms with Gasteiger partial charge in [-0.15, -0.1) is 0 Å². The van der Waals surface area contributed by atoms with Crippen molar-refractivity contribution in [2.75, 3.05) is 0 Å². The molecule has 0 bridgehead atoms. The molecule has 3 rings (SSSR count). The van der Waals surface area contributed by atoms with Gasteiger partial charge in [-0.2, -0.15) is 0 Å². The van der Waals surface area contributed by atoms with Gasteiger partial charge in [-0.1, -0.05) is 34.1 Å². The summed E-state index contributed by atoms with van der Waals surface area (Å²) in [6, 6.07) is 16.6. The molecule has 2 N–H and O–H groups in total. The summed E-state index contributed by atoms with van der Waals surface area (Å²) in [5.74, 6) is 0.530. The fourth-order valence-corrected chi connectivity index (χ4v) is 2.94. The van der Waals surface area contributed by atoms with Gasteiger partial charge in [0.15, 0.2) is 0 Å². The average Bonchev–Trinajstić information content (AvgIpc) is 2.63. The molecule has 0 radical (unpaired) electrons. The third-order valence-electron chi connectivity index (χ3n) is 3.86. The fraction of sp³-hybridized carbons (Fsp3) is 0.150. The molecule has 0 aliphatic heterocycles. The second-order valence-corrected chi connectivity index (χ2v) is 6.60. The quantitative estimate of drug-likeness (QED) is 0.653. The Morgan fingerprint density at radius 1 is 0.960 bits per heavy atom. The van der Waals surface area contributed by atoms with Gasteiger partial charge in [0, 0.05) is 33.6 Å². The van der Waals surface area contributed by atoms with Crippen LogP contribution in [0.2, 0.25) is 0 Å². The van der Waals surface area contributed by atoms with E-state index in [-0.39, 0.29) is 12.4 Å². The van der Waals surface area contributed by atoms with Crippen LogP contribution < -0.4 is 10.1 Å². The van der Waals surface area contributed by atoms with Crippen LogP contribution in [0.5, 0.6) is 5.75 Å². The average molecular weight is 402 g/mol. The first-order valence-electron chi connectivity index (χ1n) is 8.07. The molecular formula is C20H19BrFN2O+. The van der Waals surface area contributed by atoms with Crippen LogP contribution in [0.4, 0.5) is 4.39 Å². The first-order chi connectivity index (χ1) is 12.2. The molecule has 0 unspecified atom stereocenters. The highest BCUT2D eigenvalue weighted by Gasteiger charge is 2.09. The molecule has 0 saturated heterocycles. The van der Waals surface area contributed by atoms with Gasteiger partial charge in [0.25, 0.3) is 0 Å². The highest BCUT2D eigenvalue weighted by Crippen LogP contribution is 2.24. The molecule has 1 heterocycles. The number of ether oxygens (including phenoxy) is 1. The number of halogens is 2. The Hall–Kier alpha value is -2.24. The van der Waals surface area contributed by atoms with Gasteiger partial charge in [0.2, 0.25) is 0 Å². The molecule has 1 aromatic heterocycles. The van der Waals surface area contributed by atoms with Gasteiger partial charge < -0.3 is 10.1 Å². The third kappa shape index (κ3) is 5.11. The maximum Gasteiger partial charge on any atom is 0.129 e. The molecule has 0 fully saturated rings. The van der Waals surface area contributed by atoms with Gasteiger partial charge in [-0.05, 0) is 36.4 Å². The van der Waals surface area contributed by atoms with Crippen molar-refractivity contribution < 1.29 is 14.4 Å². The summed E-state index contributed by atoms with van der Waals surface area (Å²) in [4.78, 5) is 4.03. The van der Waals surface area contributed by atoms with Crippen LogP contribution in [-0.4, -0.2) is 4.98 Å². The van der Waals surface area contributed by atoms with Crippen LogP contribution in [0, 0.1) is 5.82 Å². The second kappa shape index (κ2) is 8.74. The molecule has 0 spiro atoms. The van der Waals surface area contributed by atoms with Gasteiger partial charge >= 0.3 is 0 Å². The molecule has 0 aliphatic carbocycles. The van der Waals surface area contributed by atoms with Gasteiger partial charge in [0.05, 0.1) is 0 Å². The van der Waals surface area contributed by atoms with Crippen LogP contribution in [0.25, 0.3) is 0 Å². The van der Waals surface area contributed by atoms with Crippen molar-refractivity contribution in [1.29, 1.82) is 0 Å². The lowest BCUT2D eigenvalue weighted by atomic mass is 10.2. The molecular weight excluding hydrogens is 383 g/mol. The summed E-state index contributed by atoms with van der Waals surface area (Å²) in [6.45, 7) is 1.85. The molecule has 3 aromatic rings. The monoisotopic (exact) mass is 401 g/mol. The molecule has 25 heavy (non-hydrogen) atoms. The van der Waals surface area contributed by atoms with Crippen LogP contribution in [0.15, 0.2) is 71.5 Å². The number of benzene rings is 2. The zero-order valence-corrected chi connectivity index (χ0v) is 15.2. The molecule has 2 aromatic carbocycles. The predicted octanol–water partition coefficient (Wildman–Crippen LogP) is 3.83. The lowest BCUT2D eigenvalue weighted by molar-refractivity contribution is -0.686. The summed E-state index contributed by atoms with van der Waals surface area (Å²) in [5, 5.41) is 2.20. The number of aromatic nitrogens is 1. The Labute approximate surface area is 155 Å². The Balaban J connectivity index is 1.64. The van der Waals surface area contributed by atoms with E-state index in [1.165, 1.54) is 11.6 Å². The second-order valence-electron chi connectivity index (χ2n) is 5.68. The Morgan fingerprint density at radius 2 is 1.76 bits per heavy atom. The van der Waals surface area contributed by atoms with Gasteiger partial charge in [-0.25, -0.2) is 4.39 Å². The maximum absolute atomic E-state index is 13.7. The zero-order chi connectivity index (χ0) is 17.5. The Bertz CT molecular complexity index is 827. The normalized spacial score (nSPS) is 10.6. The molecule has 5 heteroatoms. The van der Waals surface area contributed by atoms with E-state index in [1.807, 2.05) is 36.4 Å². The standard InChI is InChI=1S/C20H18BrFN2O/c21-18-5-6-20(25-14-16-3-1-2-4-19(16)22)17(11-18)13-24-12-15-7-9-23-10-8-15/h1-11,24H,12-14H2/p+1. The molecule has 3 nitrogen and oxygen atoms in total. The summed E-state index contributed by atoms with van der Waals surface area (Å²) in [7, 11) is 0. The molecule has 128 valence electrons. The van der Waals surface area contributed by atoms with Gasteiger partial charge in [0.1, 0.15) is 31.3 Å². The van der Waals surface area contributed by atoms with Crippen molar-refractivity contribution in [1.82, 2.24) is 4.98 Å². The van der Waals surface area contributed by atoms with E-state index < -0.39 is 0 Å².